The highest BCUT2D eigenvalue weighted by atomic mass is 19.1. The molecule has 0 N–H and O–H groups in total. The minimum absolute atomic E-state index is 0.211. The topological polar surface area (TPSA) is 58.0 Å². The van der Waals surface area contributed by atoms with Gasteiger partial charge >= 0.3 is 0 Å². The van der Waals surface area contributed by atoms with Gasteiger partial charge in [0.15, 0.2) is 0 Å². The maximum absolute atomic E-state index is 14.4. The van der Waals surface area contributed by atoms with Crippen LogP contribution in [0, 0.1) is 11.7 Å². The van der Waals surface area contributed by atoms with Crippen molar-refractivity contribution in [1.29, 1.82) is 0 Å². The van der Waals surface area contributed by atoms with Crippen molar-refractivity contribution >= 4 is 11.6 Å². The number of hydrogen-bond donors (Lipinski definition) is 0. The van der Waals surface area contributed by atoms with E-state index in [0.29, 0.717) is 30.8 Å². The first-order valence-electron chi connectivity index (χ1n) is 12.1. The zero-order valence-corrected chi connectivity index (χ0v) is 19.7. The Morgan fingerprint density at radius 3 is 2.88 bits per heavy atom. The first-order chi connectivity index (χ1) is 16.6. The first-order valence-corrected chi connectivity index (χ1v) is 12.1. The highest BCUT2D eigenvalue weighted by Crippen LogP contribution is 2.30. The van der Waals surface area contributed by atoms with Gasteiger partial charge in [0.05, 0.1) is 19.4 Å². The lowest BCUT2D eigenvalue weighted by Crippen LogP contribution is -2.41. The summed E-state index contributed by atoms with van der Waals surface area (Å²) < 4.78 is 19.8. The molecule has 4 heterocycles. The quantitative estimate of drug-likeness (QED) is 0.654. The number of aliphatic imine (C=N–C) groups is 1. The summed E-state index contributed by atoms with van der Waals surface area (Å²) in [5.74, 6) is 0.839. The second kappa shape index (κ2) is 10.1. The van der Waals surface area contributed by atoms with Crippen LogP contribution in [0.5, 0.6) is 5.75 Å². The molecule has 2 aromatic rings. The molecule has 0 bridgehead atoms. The van der Waals surface area contributed by atoms with Gasteiger partial charge in [-0.3, -0.25) is 19.7 Å². The standard InChI is InChI=1S/C27H31FN4O2/c1-34-25-6-2-5-24(28)23(25)17-31-12-3-4-19(16-31)14-26(33)32-13-9-21-15-30-27(22(21)18-32)20-7-10-29-11-8-20/h2,5-8,10-11,19H,3-4,9,12-18H2,1H3/t19-/m0/s1. The molecule has 34 heavy (non-hydrogen) atoms. The molecular weight excluding hydrogens is 431 g/mol. The van der Waals surface area contributed by atoms with Crippen LogP contribution in [0.25, 0.3) is 0 Å². The van der Waals surface area contributed by atoms with Crippen LogP contribution in [0.2, 0.25) is 0 Å². The maximum Gasteiger partial charge on any atom is 0.223 e. The van der Waals surface area contributed by atoms with Crippen LogP contribution in [0.15, 0.2) is 58.9 Å². The smallest absolute Gasteiger partial charge is 0.223 e. The van der Waals surface area contributed by atoms with E-state index in [2.05, 4.69) is 9.88 Å². The third-order valence-corrected chi connectivity index (χ3v) is 7.22. The lowest BCUT2D eigenvalue weighted by molar-refractivity contribution is -0.132. The third-order valence-electron chi connectivity index (χ3n) is 7.22. The second-order valence-electron chi connectivity index (χ2n) is 9.42. The molecule has 0 spiro atoms. The Bertz CT molecular complexity index is 1110. The van der Waals surface area contributed by atoms with Crippen molar-refractivity contribution in [2.24, 2.45) is 10.9 Å². The van der Waals surface area contributed by atoms with Gasteiger partial charge < -0.3 is 9.64 Å². The fraction of sp³-hybridized carbons (Fsp3) is 0.444. The van der Waals surface area contributed by atoms with Crippen LogP contribution in [-0.2, 0) is 11.3 Å². The number of carbonyl (C=O) groups excluding carboxylic acids is 1. The Hall–Kier alpha value is -3.06. The number of halogens is 1. The number of carbonyl (C=O) groups is 1. The SMILES string of the molecule is COc1cccc(F)c1CN1CCC[C@@H](CC(=O)N2CCC3=C(C2)C(c2ccncc2)=NC3)C1. The molecule has 1 saturated heterocycles. The van der Waals surface area contributed by atoms with E-state index in [0.717, 1.165) is 56.7 Å². The predicted octanol–water partition coefficient (Wildman–Crippen LogP) is 3.86. The maximum atomic E-state index is 14.4. The number of ether oxygens (including phenoxy) is 1. The molecule has 178 valence electrons. The molecule has 0 unspecified atom stereocenters. The number of methoxy groups -OCH3 is 1. The van der Waals surface area contributed by atoms with Crippen molar-refractivity contribution < 1.29 is 13.9 Å². The number of benzene rings is 1. The van der Waals surface area contributed by atoms with Crippen LogP contribution in [0.1, 0.15) is 36.8 Å². The Kier molecular flexibility index (Phi) is 6.72. The van der Waals surface area contributed by atoms with Crippen LogP contribution < -0.4 is 4.74 Å². The number of likely N-dealkylation sites (tertiary alicyclic amines) is 1. The van der Waals surface area contributed by atoms with Gasteiger partial charge in [0.25, 0.3) is 0 Å². The summed E-state index contributed by atoms with van der Waals surface area (Å²) >= 11 is 0. The van der Waals surface area contributed by atoms with E-state index in [1.54, 1.807) is 31.6 Å². The number of piperidine rings is 1. The van der Waals surface area contributed by atoms with Crippen LogP contribution in [0.3, 0.4) is 0 Å². The van der Waals surface area contributed by atoms with E-state index in [1.165, 1.54) is 17.2 Å². The fourth-order valence-corrected chi connectivity index (χ4v) is 5.42. The second-order valence-corrected chi connectivity index (χ2v) is 9.42. The molecule has 1 amide bonds. The molecule has 1 fully saturated rings. The number of nitrogens with zero attached hydrogens (tertiary/aromatic N) is 4. The average molecular weight is 463 g/mol. The molecule has 0 radical (unpaired) electrons. The molecular formula is C27H31FN4O2. The fourth-order valence-electron chi connectivity index (χ4n) is 5.42. The number of aromatic nitrogens is 1. The van der Waals surface area contributed by atoms with Crippen molar-refractivity contribution in [1.82, 2.24) is 14.8 Å². The molecule has 6 nitrogen and oxygen atoms in total. The molecule has 7 heteroatoms. The van der Waals surface area contributed by atoms with E-state index < -0.39 is 0 Å². The Labute approximate surface area is 200 Å². The molecule has 1 aromatic heterocycles. The van der Waals surface area contributed by atoms with E-state index >= 15 is 0 Å². The summed E-state index contributed by atoms with van der Waals surface area (Å²) in [6.07, 6.45) is 7.05. The van der Waals surface area contributed by atoms with Crippen molar-refractivity contribution in [3.05, 3.63) is 70.8 Å². The Morgan fingerprint density at radius 1 is 1.21 bits per heavy atom. The van der Waals surface area contributed by atoms with Crippen LogP contribution in [-0.4, -0.2) is 66.2 Å². The third kappa shape index (κ3) is 4.75. The van der Waals surface area contributed by atoms with Gasteiger partial charge in [0.2, 0.25) is 5.91 Å². The largest absolute Gasteiger partial charge is 0.496 e. The first kappa shape index (κ1) is 22.7. The molecule has 0 aliphatic carbocycles. The lowest BCUT2D eigenvalue weighted by atomic mass is 9.92. The predicted molar refractivity (Wildman–Crippen MR) is 129 cm³/mol. The minimum atomic E-state index is -0.238. The summed E-state index contributed by atoms with van der Waals surface area (Å²) in [7, 11) is 1.57. The molecule has 1 atom stereocenters. The van der Waals surface area contributed by atoms with Gasteiger partial charge in [-0.2, -0.15) is 0 Å². The zero-order valence-electron chi connectivity index (χ0n) is 19.7. The average Bonchev–Trinajstić information content (AvgIpc) is 3.29. The number of amides is 1. The van der Waals surface area contributed by atoms with Crippen molar-refractivity contribution in [2.75, 3.05) is 39.8 Å². The molecule has 0 saturated carbocycles. The van der Waals surface area contributed by atoms with Crippen LogP contribution in [0.4, 0.5) is 4.39 Å². The van der Waals surface area contributed by atoms with Gasteiger partial charge in [0, 0.05) is 56.1 Å². The van der Waals surface area contributed by atoms with Gasteiger partial charge in [-0.15, -0.1) is 0 Å². The monoisotopic (exact) mass is 462 g/mol. The summed E-state index contributed by atoms with van der Waals surface area (Å²) in [6, 6.07) is 8.92. The molecule has 5 rings (SSSR count). The Balaban J connectivity index is 1.20. The lowest BCUT2D eigenvalue weighted by Gasteiger charge is -2.35. The number of pyridine rings is 1. The summed E-state index contributed by atoms with van der Waals surface area (Å²) in [5, 5.41) is 0. The normalized spacial score (nSPS) is 20.8. The van der Waals surface area contributed by atoms with Gasteiger partial charge in [0.1, 0.15) is 11.6 Å². The summed E-state index contributed by atoms with van der Waals surface area (Å²) in [6.45, 7) is 4.36. The van der Waals surface area contributed by atoms with E-state index in [4.69, 9.17) is 9.73 Å². The van der Waals surface area contributed by atoms with Crippen molar-refractivity contribution in [2.45, 2.75) is 32.2 Å². The number of rotatable bonds is 6. The van der Waals surface area contributed by atoms with E-state index in [9.17, 15) is 9.18 Å². The summed E-state index contributed by atoms with van der Waals surface area (Å²) in [4.78, 5) is 26.4. The van der Waals surface area contributed by atoms with Gasteiger partial charge in [-0.05, 0) is 67.1 Å². The summed E-state index contributed by atoms with van der Waals surface area (Å²) in [5.41, 5.74) is 5.25. The van der Waals surface area contributed by atoms with Crippen LogP contribution >= 0.6 is 0 Å². The van der Waals surface area contributed by atoms with E-state index in [1.807, 2.05) is 17.0 Å². The van der Waals surface area contributed by atoms with Crippen molar-refractivity contribution in [3.63, 3.8) is 0 Å². The highest BCUT2D eigenvalue weighted by Gasteiger charge is 2.31. The van der Waals surface area contributed by atoms with Crippen molar-refractivity contribution in [3.8, 4) is 5.75 Å². The number of hydrogen-bond acceptors (Lipinski definition) is 5. The minimum Gasteiger partial charge on any atom is -0.496 e. The van der Waals surface area contributed by atoms with Gasteiger partial charge in [-0.1, -0.05) is 6.07 Å². The highest BCUT2D eigenvalue weighted by molar-refractivity contribution is 6.15. The Morgan fingerprint density at radius 2 is 2.06 bits per heavy atom. The molecule has 3 aliphatic rings. The zero-order chi connectivity index (χ0) is 23.5. The molecule has 1 aromatic carbocycles. The molecule has 3 aliphatic heterocycles. The van der Waals surface area contributed by atoms with Gasteiger partial charge in [-0.25, -0.2) is 4.39 Å². The van der Waals surface area contributed by atoms with E-state index in [-0.39, 0.29) is 17.6 Å².